The molecule has 1 spiro atoms. The lowest BCUT2D eigenvalue weighted by atomic mass is 10.1. The molecule has 1 aliphatic carbocycles. The minimum atomic E-state index is 0.518. The van der Waals surface area contributed by atoms with E-state index in [9.17, 15) is 0 Å². The molecule has 2 N–H and O–H groups in total. The van der Waals surface area contributed by atoms with Gasteiger partial charge in [0.25, 0.3) is 0 Å². The van der Waals surface area contributed by atoms with Crippen molar-refractivity contribution in [2.24, 2.45) is 11.1 Å². The largest absolute Gasteiger partial charge is 0.327 e. The average Bonchev–Trinajstić information content (AvgIpc) is 2.43. The predicted octanol–water partition coefficient (Wildman–Crippen LogP) is 0.688. The molecule has 2 unspecified atom stereocenters. The zero-order valence-electron chi connectivity index (χ0n) is 6.34. The van der Waals surface area contributed by atoms with Crippen LogP contribution in [0.25, 0.3) is 0 Å². The van der Waals surface area contributed by atoms with E-state index in [2.05, 4.69) is 10.6 Å². The molecule has 2 fully saturated rings. The van der Waals surface area contributed by atoms with Crippen LogP contribution >= 0.6 is 11.9 Å². The summed E-state index contributed by atoms with van der Waals surface area (Å²) in [6.07, 6.45) is 4.74. The van der Waals surface area contributed by atoms with Gasteiger partial charge in [0.2, 0.25) is 0 Å². The van der Waals surface area contributed by atoms with Gasteiger partial charge in [-0.2, -0.15) is 0 Å². The molecule has 0 bridgehead atoms. The molecule has 1 saturated carbocycles. The lowest BCUT2D eigenvalue weighted by Gasteiger charge is -2.10. The first-order valence-electron chi connectivity index (χ1n) is 3.81. The molecule has 1 heterocycles. The van der Waals surface area contributed by atoms with Crippen molar-refractivity contribution in [1.82, 2.24) is 4.31 Å². The second-order valence-corrected chi connectivity index (χ2v) is 4.35. The van der Waals surface area contributed by atoms with Gasteiger partial charge in [0.15, 0.2) is 0 Å². The summed E-state index contributed by atoms with van der Waals surface area (Å²) in [6, 6.07) is 0.518. The van der Waals surface area contributed by atoms with Gasteiger partial charge in [-0.3, -0.25) is 4.31 Å². The summed E-state index contributed by atoms with van der Waals surface area (Å²) in [5.41, 5.74) is 6.40. The van der Waals surface area contributed by atoms with Crippen LogP contribution < -0.4 is 5.73 Å². The van der Waals surface area contributed by atoms with Gasteiger partial charge in [0, 0.05) is 24.5 Å². The third-order valence-corrected chi connectivity index (χ3v) is 3.69. The van der Waals surface area contributed by atoms with Gasteiger partial charge in [-0.25, -0.2) is 0 Å². The second kappa shape index (κ2) is 2.13. The van der Waals surface area contributed by atoms with Crippen molar-refractivity contribution in [3.05, 3.63) is 0 Å². The standard InChI is InChI=1S/C7H14N2S/c1-10-9-3-2-7(5-9)4-6(7)8/h6H,2-5,8H2,1H3. The van der Waals surface area contributed by atoms with Gasteiger partial charge >= 0.3 is 0 Å². The van der Waals surface area contributed by atoms with Crippen LogP contribution in [0.1, 0.15) is 12.8 Å². The number of rotatable bonds is 1. The Balaban J connectivity index is 1.95. The van der Waals surface area contributed by atoms with Gasteiger partial charge in [-0.05, 0) is 19.1 Å². The maximum Gasteiger partial charge on any atom is 0.0162 e. The zero-order valence-corrected chi connectivity index (χ0v) is 7.16. The van der Waals surface area contributed by atoms with Gasteiger partial charge in [0.1, 0.15) is 0 Å². The highest BCUT2D eigenvalue weighted by atomic mass is 32.2. The van der Waals surface area contributed by atoms with E-state index in [4.69, 9.17) is 5.73 Å². The normalized spacial score (nSPS) is 46.8. The third kappa shape index (κ3) is 0.881. The minimum Gasteiger partial charge on any atom is -0.327 e. The van der Waals surface area contributed by atoms with E-state index >= 15 is 0 Å². The highest BCUT2D eigenvalue weighted by Gasteiger charge is 2.55. The lowest BCUT2D eigenvalue weighted by Crippen LogP contribution is -2.17. The SMILES string of the molecule is CSN1CCC2(CC2N)C1. The van der Waals surface area contributed by atoms with Crippen molar-refractivity contribution in [3.63, 3.8) is 0 Å². The Hall–Kier alpha value is 0.270. The third-order valence-electron chi connectivity index (χ3n) is 2.86. The molecule has 0 aromatic rings. The van der Waals surface area contributed by atoms with Gasteiger partial charge in [-0.15, -0.1) is 0 Å². The predicted molar refractivity (Wildman–Crippen MR) is 44.7 cm³/mol. The Morgan fingerprint density at radius 2 is 2.40 bits per heavy atom. The average molecular weight is 158 g/mol. The van der Waals surface area contributed by atoms with E-state index in [1.54, 1.807) is 0 Å². The van der Waals surface area contributed by atoms with Crippen molar-refractivity contribution < 1.29 is 0 Å². The van der Waals surface area contributed by atoms with Gasteiger partial charge in [-0.1, -0.05) is 11.9 Å². The molecule has 58 valence electrons. The smallest absolute Gasteiger partial charge is 0.0162 e. The number of nitrogens with two attached hydrogens (primary N) is 1. The highest BCUT2D eigenvalue weighted by Crippen LogP contribution is 2.52. The Labute approximate surface area is 66.3 Å². The Bertz CT molecular complexity index is 151. The molecule has 0 radical (unpaired) electrons. The Kier molecular flexibility index (Phi) is 1.48. The van der Waals surface area contributed by atoms with Crippen LogP contribution in [-0.4, -0.2) is 29.7 Å². The molecule has 0 aromatic heterocycles. The van der Waals surface area contributed by atoms with Crippen molar-refractivity contribution in [2.75, 3.05) is 19.3 Å². The summed E-state index contributed by atoms with van der Waals surface area (Å²) >= 11 is 1.85. The van der Waals surface area contributed by atoms with E-state index in [0.717, 1.165) is 0 Å². The quantitative estimate of drug-likeness (QED) is 0.569. The fraction of sp³-hybridized carbons (Fsp3) is 1.00. The molecule has 2 aliphatic rings. The van der Waals surface area contributed by atoms with E-state index in [1.165, 1.54) is 25.9 Å². The summed E-state index contributed by atoms with van der Waals surface area (Å²) in [6.45, 7) is 2.48. The molecule has 2 atom stereocenters. The fourth-order valence-corrected chi connectivity index (χ4v) is 2.52. The molecule has 2 nitrogen and oxygen atoms in total. The summed E-state index contributed by atoms with van der Waals surface area (Å²) in [7, 11) is 0. The van der Waals surface area contributed by atoms with Crippen molar-refractivity contribution in [1.29, 1.82) is 0 Å². The summed E-state index contributed by atoms with van der Waals surface area (Å²) < 4.78 is 2.42. The Morgan fingerprint density at radius 3 is 2.70 bits per heavy atom. The van der Waals surface area contributed by atoms with Gasteiger partial charge < -0.3 is 5.73 Å². The molecule has 10 heavy (non-hydrogen) atoms. The molecule has 2 rings (SSSR count). The first-order valence-corrected chi connectivity index (χ1v) is 5.00. The number of nitrogens with zero attached hydrogens (tertiary/aromatic N) is 1. The topological polar surface area (TPSA) is 29.3 Å². The van der Waals surface area contributed by atoms with Crippen LogP contribution in [0.4, 0.5) is 0 Å². The summed E-state index contributed by atoms with van der Waals surface area (Å²) in [5, 5.41) is 0. The number of hydrogen-bond donors (Lipinski definition) is 1. The molecular weight excluding hydrogens is 144 g/mol. The maximum atomic E-state index is 5.84. The van der Waals surface area contributed by atoms with Crippen molar-refractivity contribution in [3.8, 4) is 0 Å². The van der Waals surface area contributed by atoms with Crippen LogP contribution in [0.3, 0.4) is 0 Å². The van der Waals surface area contributed by atoms with Crippen molar-refractivity contribution in [2.45, 2.75) is 18.9 Å². The van der Waals surface area contributed by atoms with E-state index in [-0.39, 0.29) is 0 Å². The van der Waals surface area contributed by atoms with E-state index in [0.29, 0.717) is 11.5 Å². The van der Waals surface area contributed by atoms with Gasteiger partial charge in [0.05, 0.1) is 0 Å². The molecule has 1 saturated heterocycles. The molecule has 3 heteroatoms. The summed E-state index contributed by atoms with van der Waals surface area (Å²) in [4.78, 5) is 0. The first-order chi connectivity index (χ1) is 4.77. The monoisotopic (exact) mass is 158 g/mol. The highest BCUT2D eigenvalue weighted by molar-refractivity contribution is 7.96. The first kappa shape index (κ1) is 6.95. The van der Waals surface area contributed by atoms with Crippen molar-refractivity contribution >= 4 is 11.9 Å². The zero-order chi connectivity index (χ0) is 7.19. The molecule has 0 amide bonds. The van der Waals surface area contributed by atoms with E-state index in [1.807, 2.05) is 11.9 Å². The maximum absolute atomic E-state index is 5.84. The van der Waals surface area contributed by atoms with Crippen LogP contribution in [0.15, 0.2) is 0 Å². The summed E-state index contributed by atoms with van der Waals surface area (Å²) in [5.74, 6) is 0. The minimum absolute atomic E-state index is 0.518. The van der Waals surface area contributed by atoms with Crippen LogP contribution in [0, 0.1) is 5.41 Å². The van der Waals surface area contributed by atoms with E-state index < -0.39 is 0 Å². The molecule has 1 aliphatic heterocycles. The molecular formula is C7H14N2S. The second-order valence-electron chi connectivity index (χ2n) is 3.47. The lowest BCUT2D eigenvalue weighted by molar-refractivity contribution is 0.497. The Morgan fingerprint density at radius 1 is 1.70 bits per heavy atom. The van der Waals surface area contributed by atoms with Crippen LogP contribution in [0.2, 0.25) is 0 Å². The molecule has 0 aromatic carbocycles. The van der Waals surface area contributed by atoms with Crippen LogP contribution in [-0.2, 0) is 0 Å². The van der Waals surface area contributed by atoms with Crippen LogP contribution in [0.5, 0.6) is 0 Å². The fourth-order valence-electron chi connectivity index (χ4n) is 1.86. The number of hydrogen-bond acceptors (Lipinski definition) is 3.